The highest BCUT2D eigenvalue weighted by atomic mass is 32.2. The van der Waals surface area contributed by atoms with E-state index in [9.17, 15) is 13.2 Å². The van der Waals surface area contributed by atoms with Gasteiger partial charge >= 0.3 is 0 Å². The average molecular weight is 383 g/mol. The monoisotopic (exact) mass is 383 g/mol. The molecule has 0 unspecified atom stereocenters. The van der Waals surface area contributed by atoms with E-state index in [1.165, 1.54) is 25.4 Å². The van der Waals surface area contributed by atoms with Gasteiger partial charge in [-0.3, -0.25) is 14.5 Å². The zero-order chi connectivity index (χ0) is 19.3. The van der Waals surface area contributed by atoms with Crippen molar-refractivity contribution in [1.82, 2.24) is 4.98 Å². The highest BCUT2D eigenvalue weighted by Gasteiger charge is 2.17. The standard InChI is InChI=1S/C19H17N3O4S/c1-26-15-8-10-16(11-9-15)27(24,25)22-18-7-3-2-6-17(18)21-19(23)14-5-4-12-20-13-14/h2-13,22H,1H3,(H,21,23). The number of aromatic nitrogens is 1. The first-order valence-corrected chi connectivity index (χ1v) is 9.45. The quantitative estimate of drug-likeness (QED) is 0.681. The zero-order valence-corrected chi connectivity index (χ0v) is 15.2. The van der Waals surface area contributed by atoms with E-state index in [0.29, 0.717) is 17.0 Å². The number of methoxy groups -OCH3 is 1. The van der Waals surface area contributed by atoms with Crippen LogP contribution in [0.3, 0.4) is 0 Å². The summed E-state index contributed by atoms with van der Waals surface area (Å²) in [5.74, 6) is 0.164. The Labute approximate surface area is 157 Å². The van der Waals surface area contributed by atoms with Gasteiger partial charge in [0.25, 0.3) is 15.9 Å². The number of hydrogen-bond donors (Lipinski definition) is 2. The van der Waals surface area contributed by atoms with Gasteiger partial charge in [-0.25, -0.2) is 8.42 Å². The molecular formula is C19H17N3O4S. The van der Waals surface area contributed by atoms with E-state index >= 15 is 0 Å². The predicted molar refractivity (Wildman–Crippen MR) is 102 cm³/mol. The number of benzene rings is 2. The lowest BCUT2D eigenvalue weighted by molar-refractivity contribution is 0.102. The van der Waals surface area contributed by atoms with Crippen LogP contribution in [0.5, 0.6) is 5.75 Å². The van der Waals surface area contributed by atoms with Gasteiger partial charge in [0.05, 0.1) is 28.9 Å². The Kier molecular flexibility index (Phi) is 5.37. The zero-order valence-electron chi connectivity index (χ0n) is 14.4. The molecule has 138 valence electrons. The first-order valence-electron chi connectivity index (χ1n) is 7.97. The predicted octanol–water partition coefficient (Wildman–Crippen LogP) is 3.14. The van der Waals surface area contributed by atoms with E-state index in [2.05, 4.69) is 15.0 Å². The summed E-state index contributed by atoms with van der Waals surface area (Å²) in [5, 5.41) is 2.69. The number of ether oxygens (including phenoxy) is 1. The van der Waals surface area contributed by atoms with Crippen molar-refractivity contribution in [3.63, 3.8) is 0 Å². The third-order valence-electron chi connectivity index (χ3n) is 3.71. The van der Waals surface area contributed by atoms with Crippen LogP contribution in [0, 0.1) is 0 Å². The molecule has 2 aromatic carbocycles. The molecule has 1 amide bonds. The van der Waals surface area contributed by atoms with Gasteiger partial charge in [0.1, 0.15) is 5.75 Å². The molecule has 1 aromatic heterocycles. The van der Waals surface area contributed by atoms with Crippen LogP contribution >= 0.6 is 0 Å². The lowest BCUT2D eigenvalue weighted by Gasteiger charge is -2.13. The van der Waals surface area contributed by atoms with E-state index in [-0.39, 0.29) is 16.5 Å². The third-order valence-corrected chi connectivity index (χ3v) is 5.09. The van der Waals surface area contributed by atoms with E-state index in [0.717, 1.165) is 0 Å². The van der Waals surface area contributed by atoms with E-state index < -0.39 is 10.0 Å². The molecule has 0 fully saturated rings. The topological polar surface area (TPSA) is 97.4 Å². The summed E-state index contributed by atoms with van der Waals surface area (Å²) in [6.45, 7) is 0. The molecule has 3 aromatic rings. The fourth-order valence-electron chi connectivity index (χ4n) is 2.33. The number of hydrogen-bond acceptors (Lipinski definition) is 5. The van der Waals surface area contributed by atoms with Crippen LogP contribution in [0.15, 0.2) is 78.0 Å². The molecule has 27 heavy (non-hydrogen) atoms. The van der Waals surface area contributed by atoms with Crippen molar-refractivity contribution < 1.29 is 17.9 Å². The average Bonchev–Trinajstić information content (AvgIpc) is 2.70. The molecule has 2 N–H and O–H groups in total. The summed E-state index contributed by atoms with van der Waals surface area (Å²) in [5.41, 5.74) is 0.958. The normalized spacial score (nSPS) is 10.9. The highest BCUT2D eigenvalue weighted by Crippen LogP contribution is 2.25. The third kappa shape index (κ3) is 4.42. The minimum atomic E-state index is -3.83. The van der Waals surface area contributed by atoms with Crippen LogP contribution in [0.1, 0.15) is 10.4 Å². The number of nitrogens with one attached hydrogen (secondary N) is 2. The maximum atomic E-state index is 12.6. The van der Waals surface area contributed by atoms with Crippen LogP contribution in [0.25, 0.3) is 0 Å². The van der Waals surface area contributed by atoms with Crippen molar-refractivity contribution in [1.29, 1.82) is 0 Å². The second kappa shape index (κ2) is 7.88. The summed E-state index contributed by atoms with van der Waals surface area (Å²) < 4.78 is 32.8. The molecular weight excluding hydrogens is 366 g/mol. The minimum Gasteiger partial charge on any atom is -0.497 e. The van der Waals surface area contributed by atoms with Gasteiger partial charge in [0, 0.05) is 12.4 Å². The Hall–Kier alpha value is -3.39. The summed E-state index contributed by atoms with van der Waals surface area (Å²) in [6, 6.07) is 15.8. The molecule has 0 aliphatic heterocycles. The number of carbonyl (C=O) groups is 1. The molecule has 0 aliphatic carbocycles. The lowest BCUT2D eigenvalue weighted by atomic mass is 10.2. The maximum absolute atomic E-state index is 12.6. The molecule has 0 radical (unpaired) electrons. The van der Waals surface area contributed by atoms with Crippen molar-refractivity contribution in [2.75, 3.05) is 17.1 Å². The molecule has 7 nitrogen and oxygen atoms in total. The van der Waals surface area contributed by atoms with Crippen molar-refractivity contribution in [3.8, 4) is 5.75 Å². The number of rotatable bonds is 6. The first kappa shape index (κ1) is 18.4. The Morgan fingerprint density at radius 3 is 2.30 bits per heavy atom. The fourth-order valence-corrected chi connectivity index (χ4v) is 3.41. The van der Waals surface area contributed by atoms with Crippen molar-refractivity contribution >= 4 is 27.3 Å². The molecule has 0 bridgehead atoms. The minimum absolute atomic E-state index is 0.0803. The second-order valence-corrected chi connectivity index (χ2v) is 7.20. The molecule has 8 heteroatoms. The molecule has 0 aliphatic rings. The molecule has 1 heterocycles. The molecule has 0 atom stereocenters. The Bertz CT molecular complexity index is 1040. The lowest BCUT2D eigenvalue weighted by Crippen LogP contribution is -2.17. The van der Waals surface area contributed by atoms with Gasteiger partial charge < -0.3 is 10.1 Å². The molecule has 0 spiro atoms. The number of amides is 1. The molecule has 0 saturated heterocycles. The number of nitrogens with zero attached hydrogens (tertiary/aromatic N) is 1. The Balaban J connectivity index is 1.84. The molecule has 0 saturated carbocycles. The van der Waals surface area contributed by atoms with Crippen LogP contribution in [-0.4, -0.2) is 26.4 Å². The van der Waals surface area contributed by atoms with E-state index in [1.54, 1.807) is 54.7 Å². The second-order valence-electron chi connectivity index (χ2n) is 5.52. The fraction of sp³-hybridized carbons (Fsp3) is 0.0526. The van der Waals surface area contributed by atoms with Gasteiger partial charge in [-0.2, -0.15) is 0 Å². The van der Waals surface area contributed by atoms with Crippen molar-refractivity contribution in [2.45, 2.75) is 4.90 Å². The number of pyridine rings is 1. The summed E-state index contributed by atoms with van der Waals surface area (Å²) in [6.07, 6.45) is 2.99. The maximum Gasteiger partial charge on any atom is 0.261 e. The summed E-state index contributed by atoms with van der Waals surface area (Å²) in [7, 11) is -2.33. The first-order chi connectivity index (χ1) is 13.0. The molecule has 3 rings (SSSR count). The SMILES string of the molecule is COc1ccc(S(=O)(=O)Nc2ccccc2NC(=O)c2cccnc2)cc1. The van der Waals surface area contributed by atoms with Gasteiger partial charge in [-0.1, -0.05) is 12.1 Å². The van der Waals surface area contributed by atoms with Crippen LogP contribution in [0.2, 0.25) is 0 Å². The van der Waals surface area contributed by atoms with Crippen LogP contribution in [0.4, 0.5) is 11.4 Å². The summed E-state index contributed by atoms with van der Waals surface area (Å²) in [4.78, 5) is 16.3. The van der Waals surface area contributed by atoms with Crippen molar-refractivity contribution in [3.05, 3.63) is 78.6 Å². The van der Waals surface area contributed by atoms with E-state index in [1.807, 2.05) is 0 Å². The summed E-state index contributed by atoms with van der Waals surface area (Å²) >= 11 is 0. The van der Waals surface area contributed by atoms with Crippen LogP contribution < -0.4 is 14.8 Å². The largest absolute Gasteiger partial charge is 0.497 e. The van der Waals surface area contributed by atoms with Gasteiger partial charge in [0.15, 0.2) is 0 Å². The van der Waals surface area contributed by atoms with Crippen LogP contribution in [-0.2, 0) is 10.0 Å². The van der Waals surface area contributed by atoms with Gasteiger partial charge in [-0.05, 0) is 48.5 Å². The number of para-hydroxylation sites is 2. The highest BCUT2D eigenvalue weighted by molar-refractivity contribution is 7.92. The van der Waals surface area contributed by atoms with Gasteiger partial charge in [0.2, 0.25) is 0 Å². The number of sulfonamides is 1. The Morgan fingerprint density at radius 2 is 1.67 bits per heavy atom. The van der Waals surface area contributed by atoms with E-state index in [4.69, 9.17) is 4.74 Å². The number of anilines is 2. The van der Waals surface area contributed by atoms with Gasteiger partial charge in [-0.15, -0.1) is 0 Å². The van der Waals surface area contributed by atoms with Crippen molar-refractivity contribution in [2.24, 2.45) is 0 Å². The Morgan fingerprint density at radius 1 is 0.963 bits per heavy atom. The number of carbonyl (C=O) groups excluding carboxylic acids is 1. The smallest absolute Gasteiger partial charge is 0.261 e.